The van der Waals surface area contributed by atoms with Crippen LogP contribution in [0.3, 0.4) is 0 Å². The van der Waals surface area contributed by atoms with Crippen LogP contribution in [0.25, 0.3) is 11.2 Å². The summed E-state index contributed by atoms with van der Waals surface area (Å²) in [7, 11) is 2.89. The molecule has 0 atom stereocenters. The molecule has 0 bridgehead atoms. The summed E-state index contributed by atoms with van der Waals surface area (Å²) in [5, 5.41) is 0. The van der Waals surface area contributed by atoms with Gasteiger partial charge < -0.3 is 9.30 Å². The molecule has 0 aliphatic rings. The number of nitrogens with zero attached hydrogens (tertiary/aromatic N) is 4. The Bertz CT molecular complexity index is 801. The van der Waals surface area contributed by atoms with Crippen LogP contribution in [-0.2, 0) is 30.2 Å². The van der Waals surface area contributed by atoms with Gasteiger partial charge in [-0.25, -0.2) is 9.78 Å². The third-order valence-corrected chi connectivity index (χ3v) is 3.50. The van der Waals surface area contributed by atoms with Gasteiger partial charge >= 0.3 is 11.7 Å². The third-order valence-electron chi connectivity index (χ3n) is 2.89. The Balaban J connectivity index is 2.74. The number of fused-ring (bicyclic) bond motifs is 1. The van der Waals surface area contributed by atoms with Crippen molar-refractivity contribution in [2.24, 2.45) is 14.1 Å². The first-order valence-corrected chi connectivity index (χ1v) is 6.65. The average Bonchev–Trinajstić information content (AvgIpc) is 2.72. The van der Waals surface area contributed by atoms with E-state index < -0.39 is 17.2 Å². The molecule has 0 N–H and O–H groups in total. The van der Waals surface area contributed by atoms with Crippen molar-refractivity contribution in [3.8, 4) is 0 Å². The van der Waals surface area contributed by atoms with Gasteiger partial charge in [0, 0.05) is 14.1 Å². The summed E-state index contributed by atoms with van der Waals surface area (Å²) in [6.45, 7) is 1.79. The van der Waals surface area contributed by atoms with Crippen LogP contribution >= 0.6 is 15.9 Å². The Kier molecular flexibility index (Phi) is 3.80. The van der Waals surface area contributed by atoms with Gasteiger partial charge in [0.2, 0.25) is 0 Å². The number of carbonyl (C=O) groups excluding carboxylic acids is 1. The lowest BCUT2D eigenvalue weighted by atomic mass is 10.5. The fourth-order valence-corrected chi connectivity index (χ4v) is 2.37. The minimum absolute atomic E-state index is 0.154. The molecular formula is C11H13BrN4O4. The second-order valence-corrected chi connectivity index (χ2v) is 4.86. The molecule has 2 heterocycles. The molecule has 2 aromatic heterocycles. The van der Waals surface area contributed by atoms with E-state index in [9.17, 15) is 14.4 Å². The molecule has 2 rings (SSSR count). The lowest BCUT2D eigenvalue weighted by molar-refractivity contribution is -0.143. The van der Waals surface area contributed by atoms with Crippen LogP contribution in [0.5, 0.6) is 0 Å². The van der Waals surface area contributed by atoms with Crippen LogP contribution < -0.4 is 11.2 Å². The van der Waals surface area contributed by atoms with E-state index in [0.717, 1.165) is 4.57 Å². The Hall–Kier alpha value is -1.90. The highest BCUT2D eigenvalue weighted by molar-refractivity contribution is 9.10. The second kappa shape index (κ2) is 5.23. The van der Waals surface area contributed by atoms with Gasteiger partial charge in [0.05, 0.1) is 6.61 Å². The van der Waals surface area contributed by atoms with Gasteiger partial charge in [-0.05, 0) is 22.9 Å². The minimum atomic E-state index is -0.509. The number of hydrogen-bond donors (Lipinski definition) is 0. The van der Waals surface area contributed by atoms with E-state index in [2.05, 4.69) is 20.9 Å². The van der Waals surface area contributed by atoms with Gasteiger partial charge in [-0.3, -0.25) is 18.7 Å². The summed E-state index contributed by atoms with van der Waals surface area (Å²) in [5.74, 6) is -0.483. The van der Waals surface area contributed by atoms with Crippen LogP contribution in [0.1, 0.15) is 6.92 Å². The number of aryl methyl sites for hydroxylation is 1. The van der Waals surface area contributed by atoms with E-state index in [1.165, 1.54) is 23.2 Å². The molecule has 9 heteroatoms. The van der Waals surface area contributed by atoms with Gasteiger partial charge in [0.1, 0.15) is 6.54 Å². The first-order chi connectivity index (χ1) is 9.38. The Morgan fingerprint density at radius 1 is 1.30 bits per heavy atom. The maximum absolute atomic E-state index is 12.2. The average molecular weight is 345 g/mol. The van der Waals surface area contributed by atoms with Gasteiger partial charge in [-0.2, -0.15) is 0 Å². The molecule has 0 aliphatic heterocycles. The normalized spacial score (nSPS) is 11.0. The molecule has 0 unspecified atom stereocenters. The highest BCUT2D eigenvalue weighted by Gasteiger charge is 2.19. The van der Waals surface area contributed by atoms with E-state index in [1.807, 2.05) is 0 Å². The number of hydrogen-bond acceptors (Lipinski definition) is 5. The van der Waals surface area contributed by atoms with Gasteiger partial charge in [0.15, 0.2) is 15.9 Å². The summed E-state index contributed by atoms with van der Waals surface area (Å²) in [6, 6.07) is 0. The van der Waals surface area contributed by atoms with Gasteiger partial charge in [-0.1, -0.05) is 0 Å². The fraction of sp³-hybridized carbons (Fsp3) is 0.455. The van der Waals surface area contributed by atoms with Crippen molar-refractivity contribution < 1.29 is 9.53 Å². The quantitative estimate of drug-likeness (QED) is 0.566. The van der Waals surface area contributed by atoms with E-state index >= 15 is 0 Å². The molecule has 20 heavy (non-hydrogen) atoms. The smallest absolute Gasteiger partial charge is 0.332 e. The van der Waals surface area contributed by atoms with E-state index in [-0.39, 0.29) is 24.3 Å². The molecule has 0 spiro atoms. The first-order valence-electron chi connectivity index (χ1n) is 5.85. The molecule has 0 fully saturated rings. The van der Waals surface area contributed by atoms with Crippen molar-refractivity contribution in [3.05, 3.63) is 25.6 Å². The number of ether oxygens (including phenoxy) is 1. The van der Waals surface area contributed by atoms with Crippen molar-refractivity contribution in [1.29, 1.82) is 0 Å². The zero-order valence-electron chi connectivity index (χ0n) is 11.2. The maximum Gasteiger partial charge on any atom is 0.332 e. The van der Waals surface area contributed by atoms with Crippen LogP contribution in [-0.4, -0.2) is 31.3 Å². The highest BCUT2D eigenvalue weighted by Crippen LogP contribution is 2.16. The predicted molar refractivity (Wildman–Crippen MR) is 74.5 cm³/mol. The van der Waals surface area contributed by atoms with Crippen molar-refractivity contribution >= 4 is 33.1 Å². The maximum atomic E-state index is 12.2. The Morgan fingerprint density at radius 2 is 1.95 bits per heavy atom. The van der Waals surface area contributed by atoms with Crippen molar-refractivity contribution in [1.82, 2.24) is 18.7 Å². The molecule has 0 aromatic carbocycles. The standard InChI is InChI=1S/C11H13BrN4O4/c1-4-20-6(17)5-16-7-8(13-10(16)12)14(2)11(19)15(3)9(7)18/h4-5H2,1-3H3. The molecule has 0 saturated heterocycles. The zero-order valence-corrected chi connectivity index (χ0v) is 12.8. The van der Waals surface area contributed by atoms with Crippen LogP contribution in [0, 0.1) is 0 Å². The number of halogens is 1. The molecule has 0 saturated carbocycles. The van der Waals surface area contributed by atoms with Gasteiger partial charge in [-0.15, -0.1) is 0 Å². The SMILES string of the molecule is CCOC(=O)Cn1c(Br)nc2c1c(=O)n(C)c(=O)n2C. The van der Waals surface area contributed by atoms with Crippen LogP contribution in [0.4, 0.5) is 0 Å². The molecular weight excluding hydrogens is 332 g/mol. The van der Waals surface area contributed by atoms with Gasteiger partial charge in [0.25, 0.3) is 5.56 Å². The minimum Gasteiger partial charge on any atom is -0.465 e. The lowest BCUT2D eigenvalue weighted by Crippen LogP contribution is -2.37. The van der Waals surface area contributed by atoms with E-state index in [0.29, 0.717) is 4.73 Å². The Labute approximate surface area is 121 Å². The number of rotatable bonds is 3. The summed E-state index contributed by atoms with van der Waals surface area (Å²) in [5.41, 5.74) is -0.592. The molecule has 0 amide bonds. The Morgan fingerprint density at radius 3 is 2.55 bits per heavy atom. The number of esters is 1. The van der Waals surface area contributed by atoms with Crippen molar-refractivity contribution in [3.63, 3.8) is 0 Å². The molecule has 8 nitrogen and oxygen atoms in total. The predicted octanol–water partition coefficient (Wildman–Crippen LogP) is -0.241. The molecule has 0 radical (unpaired) electrons. The fourth-order valence-electron chi connectivity index (χ4n) is 1.90. The van der Waals surface area contributed by atoms with Crippen molar-refractivity contribution in [2.45, 2.75) is 13.5 Å². The monoisotopic (exact) mass is 344 g/mol. The molecule has 2 aromatic rings. The largest absolute Gasteiger partial charge is 0.465 e. The summed E-state index contributed by atoms with van der Waals surface area (Å²) in [6.07, 6.45) is 0. The van der Waals surface area contributed by atoms with E-state index in [4.69, 9.17) is 4.74 Å². The summed E-state index contributed by atoms with van der Waals surface area (Å²) >= 11 is 3.19. The molecule has 0 aliphatic carbocycles. The number of aromatic nitrogens is 4. The zero-order chi connectivity index (χ0) is 15.0. The second-order valence-electron chi connectivity index (χ2n) is 4.15. The molecule has 108 valence electrons. The number of carbonyl (C=O) groups is 1. The summed E-state index contributed by atoms with van der Waals surface area (Å²) in [4.78, 5) is 39.7. The number of imidazole rings is 1. The lowest BCUT2D eigenvalue weighted by Gasteiger charge is -2.06. The van der Waals surface area contributed by atoms with Crippen LogP contribution in [0.2, 0.25) is 0 Å². The third kappa shape index (κ3) is 2.17. The van der Waals surface area contributed by atoms with E-state index in [1.54, 1.807) is 6.92 Å². The topological polar surface area (TPSA) is 88.1 Å². The first kappa shape index (κ1) is 14.5. The van der Waals surface area contributed by atoms with Crippen LogP contribution in [0.15, 0.2) is 14.3 Å². The summed E-state index contributed by atoms with van der Waals surface area (Å²) < 4.78 is 8.76. The highest BCUT2D eigenvalue weighted by atomic mass is 79.9. The van der Waals surface area contributed by atoms with Crippen molar-refractivity contribution in [2.75, 3.05) is 6.61 Å².